The van der Waals surface area contributed by atoms with Crippen LogP contribution < -0.4 is 11.5 Å². The van der Waals surface area contributed by atoms with E-state index in [0.29, 0.717) is 27.0 Å². The van der Waals surface area contributed by atoms with Gasteiger partial charge in [0.15, 0.2) is 0 Å². The molecule has 0 fully saturated rings. The lowest BCUT2D eigenvalue weighted by molar-refractivity contribution is 0.0999. The second-order valence-corrected chi connectivity index (χ2v) is 4.72. The Bertz CT molecular complexity index is 673. The molecule has 1 aromatic carbocycles. The number of aromatic nitrogens is 2. The largest absolute Gasteiger partial charge is 0.368 e. The molecular formula is C12H10Cl2N4O. The smallest absolute Gasteiger partial charge is 0.252 e. The Morgan fingerprint density at radius 3 is 2.53 bits per heavy atom. The third-order valence-electron chi connectivity index (χ3n) is 2.54. The maximum Gasteiger partial charge on any atom is 0.252 e. The monoisotopic (exact) mass is 296 g/mol. The van der Waals surface area contributed by atoms with Crippen LogP contribution in [0.15, 0.2) is 18.2 Å². The molecule has 1 amide bonds. The lowest BCUT2D eigenvalue weighted by Crippen LogP contribution is -2.17. The van der Waals surface area contributed by atoms with Crippen molar-refractivity contribution in [3.05, 3.63) is 39.5 Å². The van der Waals surface area contributed by atoms with Gasteiger partial charge in [-0.05, 0) is 25.1 Å². The highest BCUT2D eigenvalue weighted by molar-refractivity contribution is 6.36. The molecule has 2 aromatic rings. The Balaban J connectivity index is 2.77. The highest BCUT2D eigenvalue weighted by atomic mass is 35.5. The van der Waals surface area contributed by atoms with E-state index in [4.69, 9.17) is 34.7 Å². The molecule has 0 aliphatic carbocycles. The van der Waals surface area contributed by atoms with Crippen molar-refractivity contribution in [2.24, 2.45) is 5.73 Å². The number of rotatable bonds is 2. The van der Waals surface area contributed by atoms with Crippen molar-refractivity contribution in [2.45, 2.75) is 6.92 Å². The number of nitrogens with two attached hydrogens (primary N) is 2. The van der Waals surface area contributed by atoms with Gasteiger partial charge in [-0.2, -0.15) is 0 Å². The number of carbonyl (C=O) groups is 1. The molecular weight excluding hydrogens is 287 g/mol. The van der Waals surface area contributed by atoms with Gasteiger partial charge in [0.25, 0.3) is 5.91 Å². The van der Waals surface area contributed by atoms with Crippen molar-refractivity contribution in [1.82, 2.24) is 9.97 Å². The number of anilines is 1. The van der Waals surface area contributed by atoms with Gasteiger partial charge >= 0.3 is 0 Å². The minimum Gasteiger partial charge on any atom is -0.368 e. The first-order valence-corrected chi connectivity index (χ1v) is 6.05. The second-order valence-electron chi connectivity index (χ2n) is 3.88. The molecule has 0 saturated heterocycles. The van der Waals surface area contributed by atoms with Crippen molar-refractivity contribution in [3.8, 4) is 11.3 Å². The maximum atomic E-state index is 11.5. The number of hydrogen-bond acceptors (Lipinski definition) is 4. The number of amides is 1. The molecule has 0 atom stereocenters. The molecule has 0 spiro atoms. The Kier molecular flexibility index (Phi) is 3.59. The van der Waals surface area contributed by atoms with Crippen molar-refractivity contribution < 1.29 is 4.79 Å². The molecule has 4 N–H and O–H groups in total. The molecule has 0 unspecified atom stereocenters. The average Bonchev–Trinajstić information content (AvgIpc) is 2.26. The zero-order valence-corrected chi connectivity index (χ0v) is 11.5. The maximum absolute atomic E-state index is 11.5. The van der Waals surface area contributed by atoms with Crippen LogP contribution in [-0.2, 0) is 0 Å². The summed E-state index contributed by atoms with van der Waals surface area (Å²) in [6.45, 7) is 1.63. The van der Waals surface area contributed by atoms with E-state index >= 15 is 0 Å². The first kappa shape index (κ1) is 13.6. The second kappa shape index (κ2) is 5.03. The average molecular weight is 297 g/mol. The van der Waals surface area contributed by atoms with Crippen molar-refractivity contribution >= 4 is 35.1 Å². The van der Waals surface area contributed by atoms with Crippen LogP contribution in [0.25, 0.3) is 11.3 Å². The molecule has 2 rings (SSSR count). The summed E-state index contributed by atoms with van der Waals surface area (Å²) in [7, 11) is 0. The zero-order valence-electron chi connectivity index (χ0n) is 9.95. The Hall–Kier alpha value is -1.85. The van der Waals surface area contributed by atoms with Crippen LogP contribution in [0.1, 0.15) is 16.1 Å². The van der Waals surface area contributed by atoms with E-state index in [0.717, 1.165) is 0 Å². The van der Waals surface area contributed by atoms with Gasteiger partial charge in [0.2, 0.25) is 5.95 Å². The molecule has 7 heteroatoms. The molecule has 98 valence electrons. The fourth-order valence-corrected chi connectivity index (χ4v) is 2.26. The number of primary amides is 1. The summed E-state index contributed by atoms with van der Waals surface area (Å²) in [6.07, 6.45) is 0. The molecule has 1 heterocycles. The van der Waals surface area contributed by atoms with Gasteiger partial charge in [-0.1, -0.05) is 23.2 Å². The molecule has 0 bridgehead atoms. The third-order valence-corrected chi connectivity index (χ3v) is 3.09. The summed E-state index contributed by atoms with van der Waals surface area (Å²) < 4.78 is 0. The highest BCUT2D eigenvalue weighted by Crippen LogP contribution is 2.32. The number of nitrogens with zero attached hydrogens (tertiary/aromatic N) is 2. The number of hydrogen-bond donors (Lipinski definition) is 2. The topological polar surface area (TPSA) is 94.9 Å². The van der Waals surface area contributed by atoms with E-state index in [2.05, 4.69) is 9.97 Å². The van der Waals surface area contributed by atoms with Gasteiger partial charge in [-0.15, -0.1) is 0 Å². The van der Waals surface area contributed by atoms with E-state index in [-0.39, 0.29) is 11.5 Å². The quantitative estimate of drug-likeness (QED) is 0.890. The van der Waals surface area contributed by atoms with Crippen LogP contribution in [0.5, 0.6) is 0 Å². The van der Waals surface area contributed by atoms with Crippen molar-refractivity contribution in [2.75, 3.05) is 5.73 Å². The number of nitrogen functional groups attached to an aromatic ring is 1. The number of benzene rings is 1. The van der Waals surface area contributed by atoms with Gasteiger partial charge in [-0.25, -0.2) is 9.97 Å². The Morgan fingerprint density at radius 1 is 1.26 bits per heavy atom. The molecule has 0 aliphatic rings. The van der Waals surface area contributed by atoms with Gasteiger partial charge in [-0.3, -0.25) is 4.79 Å². The zero-order chi connectivity index (χ0) is 14.2. The third kappa shape index (κ3) is 2.62. The summed E-state index contributed by atoms with van der Waals surface area (Å²) in [4.78, 5) is 19.5. The Morgan fingerprint density at radius 2 is 1.95 bits per heavy atom. The number of halogens is 2. The number of carbonyl (C=O) groups excluding carboxylic acids is 1. The lowest BCUT2D eigenvalue weighted by Gasteiger charge is -2.11. The predicted octanol–water partition coefficient (Wildman–Crippen LogP) is 2.44. The van der Waals surface area contributed by atoms with Gasteiger partial charge in [0.1, 0.15) is 0 Å². The SMILES string of the molecule is Cc1nc(N)nc(-c2ccc(Cl)cc2Cl)c1C(N)=O. The van der Waals surface area contributed by atoms with Crippen LogP contribution in [0.2, 0.25) is 10.0 Å². The molecule has 0 aliphatic heterocycles. The minimum absolute atomic E-state index is 0.0449. The standard InChI is InChI=1S/C12H10Cl2N4O/c1-5-9(11(15)19)10(18-12(16)17-5)7-3-2-6(13)4-8(7)14/h2-4H,1H3,(H2,15,19)(H2,16,17,18). The van der Waals surface area contributed by atoms with Gasteiger partial charge in [0.05, 0.1) is 22.0 Å². The first-order chi connectivity index (χ1) is 8.90. The summed E-state index contributed by atoms with van der Waals surface area (Å²) >= 11 is 11.9. The van der Waals surface area contributed by atoms with Gasteiger partial charge < -0.3 is 11.5 Å². The molecule has 19 heavy (non-hydrogen) atoms. The van der Waals surface area contributed by atoms with Gasteiger partial charge in [0, 0.05) is 10.6 Å². The molecule has 0 radical (unpaired) electrons. The Labute approximate surface area is 119 Å². The van der Waals surface area contributed by atoms with E-state index in [1.54, 1.807) is 25.1 Å². The summed E-state index contributed by atoms with van der Waals surface area (Å²) in [5.41, 5.74) is 12.4. The normalized spacial score (nSPS) is 10.5. The highest BCUT2D eigenvalue weighted by Gasteiger charge is 2.19. The van der Waals surface area contributed by atoms with Crippen LogP contribution in [0.4, 0.5) is 5.95 Å². The summed E-state index contributed by atoms with van der Waals surface area (Å²) in [5, 5.41) is 0.834. The number of aryl methyl sites for hydroxylation is 1. The lowest BCUT2D eigenvalue weighted by atomic mass is 10.0. The van der Waals surface area contributed by atoms with E-state index < -0.39 is 5.91 Å². The van der Waals surface area contributed by atoms with E-state index in [1.807, 2.05) is 0 Å². The molecule has 0 saturated carbocycles. The summed E-state index contributed by atoms with van der Waals surface area (Å²) in [5.74, 6) is -0.595. The fourth-order valence-electron chi connectivity index (χ4n) is 1.77. The summed E-state index contributed by atoms with van der Waals surface area (Å²) in [6, 6.07) is 4.84. The fraction of sp³-hybridized carbons (Fsp3) is 0.0833. The predicted molar refractivity (Wildman–Crippen MR) is 75.2 cm³/mol. The molecule has 5 nitrogen and oxygen atoms in total. The van der Waals surface area contributed by atoms with E-state index in [1.165, 1.54) is 0 Å². The van der Waals surface area contributed by atoms with Crippen molar-refractivity contribution in [1.29, 1.82) is 0 Å². The van der Waals surface area contributed by atoms with Crippen LogP contribution in [-0.4, -0.2) is 15.9 Å². The van der Waals surface area contributed by atoms with Crippen molar-refractivity contribution in [3.63, 3.8) is 0 Å². The first-order valence-electron chi connectivity index (χ1n) is 5.29. The van der Waals surface area contributed by atoms with Crippen LogP contribution >= 0.6 is 23.2 Å². The minimum atomic E-state index is -0.640. The van der Waals surface area contributed by atoms with E-state index in [9.17, 15) is 4.79 Å². The van der Waals surface area contributed by atoms with Crippen LogP contribution in [0, 0.1) is 6.92 Å². The van der Waals surface area contributed by atoms with Crippen LogP contribution in [0.3, 0.4) is 0 Å². The molecule has 1 aromatic heterocycles.